The summed E-state index contributed by atoms with van der Waals surface area (Å²) in [7, 11) is 18.6. The Bertz CT molecular complexity index is 2750. The van der Waals surface area contributed by atoms with Crippen LogP contribution in [0, 0.1) is 22.7 Å². The van der Waals surface area contributed by atoms with E-state index in [1.807, 2.05) is 0 Å². The van der Waals surface area contributed by atoms with Crippen LogP contribution < -0.4 is 0 Å². The van der Waals surface area contributed by atoms with Gasteiger partial charge in [-0.15, -0.1) is 0 Å². The summed E-state index contributed by atoms with van der Waals surface area (Å²) in [5.74, 6) is -1.07. The molecule has 0 aliphatic heterocycles. The number of hydrogen-bond donors (Lipinski definition) is 0. The van der Waals surface area contributed by atoms with Crippen molar-refractivity contribution in [2.45, 2.75) is 109 Å². The summed E-state index contributed by atoms with van der Waals surface area (Å²) in [6.07, 6.45) is 14.1. The molecule has 12 rings (SSSR count). The minimum absolute atomic E-state index is 0.0620. The zero-order chi connectivity index (χ0) is 44.4. The van der Waals surface area contributed by atoms with Crippen LogP contribution in [0.25, 0.3) is 56.0 Å². The quantitative estimate of drug-likeness (QED) is 0.114. The Balaban J connectivity index is 1.11. The van der Waals surface area contributed by atoms with Crippen LogP contribution in [0.4, 0.5) is 13.2 Å². The predicted molar refractivity (Wildman–Crippen MR) is 268 cm³/mol. The van der Waals surface area contributed by atoms with Crippen molar-refractivity contribution in [2.24, 2.45) is 22.7 Å². The van der Waals surface area contributed by atoms with E-state index in [2.05, 4.69) is 140 Å². The molecule has 4 fully saturated rings. The van der Waals surface area contributed by atoms with Gasteiger partial charge in [-0.05, 0) is 0 Å². The number of fused-ring (bicyclic) bond motifs is 8. The molecule has 0 aromatic heterocycles. The molecular formula is C58H58Cl2F3SiZr. The Morgan fingerprint density at radius 2 is 0.954 bits per heavy atom. The second-order valence-corrected chi connectivity index (χ2v) is 63.2. The van der Waals surface area contributed by atoms with Gasteiger partial charge in [0.1, 0.15) is 0 Å². The van der Waals surface area contributed by atoms with E-state index >= 15 is 0 Å². The first-order chi connectivity index (χ1) is 31.3. The molecule has 6 aliphatic rings. The monoisotopic (exact) mass is 999 g/mol. The summed E-state index contributed by atoms with van der Waals surface area (Å²) in [5.41, 5.74) is 12.5. The van der Waals surface area contributed by atoms with Crippen LogP contribution in [0.2, 0.25) is 12.6 Å². The van der Waals surface area contributed by atoms with E-state index in [0.29, 0.717) is 0 Å². The first kappa shape index (κ1) is 43.1. The van der Waals surface area contributed by atoms with Gasteiger partial charge in [0.15, 0.2) is 0 Å². The van der Waals surface area contributed by atoms with Crippen LogP contribution in [-0.2, 0) is 15.6 Å². The fourth-order valence-corrected chi connectivity index (χ4v) is 55.3. The van der Waals surface area contributed by atoms with Gasteiger partial charge in [-0.3, -0.25) is 0 Å². The fourth-order valence-electron chi connectivity index (χ4n) is 15.3. The number of benzene rings is 6. The Morgan fingerprint density at radius 1 is 0.554 bits per heavy atom. The second-order valence-electron chi connectivity index (χ2n) is 21.9. The predicted octanol–water partition coefficient (Wildman–Crippen LogP) is 18.1. The maximum atomic E-state index is 14.7. The van der Waals surface area contributed by atoms with Gasteiger partial charge in [0, 0.05) is 0 Å². The third-order valence-corrected chi connectivity index (χ3v) is 68.5. The molecule has 4 saturated carbocycles. The average molecular weight is 1000 g/mol. The molecule has 6 aromatic carbocycles. The third kappa shape index (κ3) is 7.04. The van der Waals surface area contributed by atoms with E-state index in [0.717, 1.165) is 24.7 Å². The van der Waals surface area contributed by atoms with E-state index in [1.54, 1.807) is 0 Å². The number of halogens is 5. The molecule has 4 bridgehead atoms. The normalized spacial score (nSPS) is 27.8. The average Bonchev–Trinajstić information content (AvgIpc) is 4.18. The van der Waals surface area contributed by atoms with Gasteiger partial charge in [-0.2, -0.15) is 0 Å². The Labute approximate surface area is 391 Å². The van der Waals surface area contributed by atoms with Crippen LogP contribution in [-0.4, -0.2) is 12.1 Å². The van der Waals surface area contributed by atoms with E-state index in [4.69, 9.17) is 0 Å². The van der Waals surface area contributed by atoms with Crippen LogP contribution in [0.1, 0.15) is 113 Å². The summed E-state index contributed by atoms with van der Waals surface area (Å²) >= 11 is -5.81. The summed E-state index contributed by atoms with van der Waals surface area (Å²) in [6, 6.07) is 43.9. The molecule has 3 unspecified atom stereocenters. The van der Waals surface area contributed by atoms with Crippen LogP contribution >= 0.6 is 17.0 Å². The minimum atomic E-state index is -5.81. The number of hydrogen-bond acceptors (Lipinski definition) is 0. The van der Waals surface area contributed by atoms with Crippen molar-refractivity contribution in [2.75, 3.05) is 0 Å². The third-order valence-electron chi connectivity index (χ3n) is 18.3. The van der Waals surface area contributed by atoms with Crippen molar-refractivity contribution in [1.82, 2.24) is 0 Å². The van der Waals surface area contributed by atoms with Crippen LogP contribution in [0.5, 0.6) is 0 Å². The summed E-state index contributed by atoms with van der Waals surface area (Å²) in [4.78, 5) is 0. The molecule has 0 amide bonds. The molecule has 333 valence electrons. The SMILES string of the molecule is C[SiH](CCC(F)(F)F)[Zr]([Cl])([Cl])([CH]1C(CC23CCC(CC2)C3)=Cc2c(-c3cccc4ccccc34)cccc21)[CH]1C(CC23CCC(CC2)C3)=Cc2c(-c3cccc4ccccc34)cccc21. The molecular weight excluding hydrogens is 944 g/mol. The topological polar surface area (TPSA) is 0 Å². The Kier molecular flexibility index (Phi) is 10.4. The van der Waals surface area contributed by atoms with Gasteiger partial charge in [-0.1, -0.05) is 0 Å². The molecule has 0 nitrogen and oxygen atoms in total. The summed E-state index contributed by atoms with van der Waals surface area (Å²) < 4.78 is 43.6. The van der Waals surface area contributed by atoms with Crippen molar-refractivity contribution in [3.8, 4) is 22.3 Å². The van der Waals surface area contributed by atoms with Gasteiger partial charge in [0.05, 0.1) is 0 Å². The van der Waals surface area contributed by atoms with Crippen LogP contribution in [0.15, 0.2) is 132 Å². The number of allylic oxidation sites excluding steroid dienone is 2. The molecule has 3 atom stereocenters. The van der Waals surface area contributed by atoms with Gasteiger partial charge in [0.2, 0.25) is 0 Å². The Morgan fingerprint density at radius 3 is 1.37 bits per heavy atom. The zero-order valence-corrected chi connectivity index (χ0v) is 42.5. The number of rotatable bonds is 11. The number of alkyl halides is 3. The Hall–Kier alpha value is -3.21. The molecule has 0 saturated heterocycles. The van der Waals surface area contributed by atoms with Crippen molar-refractivity contribution < 1.29 is 28.7 Å². The van der Waals surface area contributed by atoms with E-state index in [-0.39, 0.29) is 24.1 Å². The first-order valence-corrected chi connectivity index (χ1v) is 40.5. The summed E-state index contributed by atoms with van der Waals surface area (Å²) in [5, 5.41) is 4.78. The molecule has 6 aromatic rings. The van der Waals surface area contributed by atoms with Crippen molar-refractivity contribution >= 4 is 56.6 Å². The van der Waals surface area contributed by atoms with Crippen molar-refractivity contribution in [3.05, 3.63) is 155 Å². The molecule has 7 heteroatoms. The zero-order valence-electron chi connectivity index (χ0n) is 37.4. The van der Waals surface area contributed by atoms with E-state index in [1.165, 1.54) is 141 Å². The van der Waals surface area contributed by atoms with Gasteiger partial charge < -0.3 is 0 Å². The van der Waals surface area contributed by atoms with Crippen LogP contribution in [0.3, 0.4) is 0 Å². The molecule has 0 N–H and O–H groups in total. The van der Waals surface area contributed by atoms with E-state index in [9.17, 15) is 30.2 Å². The maximum absolute atomic E-state index is 14.7. The van der Waals surface area contributed by atoms with Crippen molar-refractivity contribution in [1.29, 1.82) is 0 Å². The molecule has 0 radical (unpaired) electrons. The fraction of sp³-hybridized carbons (Fsp3) is 0.379. The van der Waals surface area contributed by atoms with Gasteiger partial charge >= 0.3 is 395 Å². The van der Waals surface area contributed by atoms with Gasteiger partial charge in [0.25, 0.3) is 0 Å². The van der Waals surface area contributed by atoms with Crippen molar-refractivity contribution in [3.63, 3.8) is 0 Å². The standard InChI is InChI=1S/2C27H25.C4H8F3Si.2ClH.Zr/c2*1-2-8-23-21(5-1)6-3-9-24(23)25-10-4-7-22-15-20(16-26(22)25)18-27-13-11-19(17-27)12-14-27;1-8-3-2-4(5,6)7;;;/h2*1-10,15-16,19H,11-14,17-18H2;8H,2-3H2,1H3;2*1H;/q;;;;;+2/p-2. The second kappa shape index (κ2) is 15.7. The summed E-state index contributed by atoms with van der Waals surface area (Å²) in [6.45, 7) is 2.18. The molecule has 65 heavy (non-hydrogen) atoms. The molecule has 0 spiro atoms. The van der Waals surface area contributed by atoms with E-state index < -0.39 is 34.1 Å². The van der Waals surface area contributed by atoms with Gasteiger partial charge in [-0.25, -0.2) is 0 Å². The molecule has 6 aliphatic carbocycles. The first-order valence-electron chi connectivity index (χ1n) is 24.6. The molecule has 0 heterocycles.